The number of likely N-dealkylation sites (tertiary alicyclic amines) is 1. The Morgan fingerprint density at radius 1 is 1.15 bits per heavy atom. The number of thiophene rings is 1. The highest BCUT2D eigenvalue weighted by Crippen LogP contribution is 2.17. The molecule has 1 aromatic carbocycles. The Balaban J connectivity index is 1.47. The topological polar surface area (TPSA) is 49.4 Å². The lowest BCUT2D eigenvalue weighted by molar-refractivity contribution is -0.131. The number of rotatable bonds is 5. The second kappa shape index (κ2) is 8.49. The third kappa shape index (κ3) is 4.73. The van der Waals surface area contributed by atoms with Crippen molar-refractivity contribution < 1.29 is 9.59 Å². The maximum absolute atomic E-state index is 12.4. The summed E-state index contributed by atoms with van der Waals surface area (Å²) in [6, 6.07) is 11.9. The molecule has 1 fully saturated rings. The van der Waals surface area contributed by atoms with Crippen LogP contribution in [0.15, 0.2) is 41.8 Å². The predicted molar refractivity (Wildman–Crippen MR) is 106 cm³/mol. The van der Waals surface area contributed by atoms with Crippen LogP contribution in [0.4, 0.5) is 0 Å². The summed E-state index contributed by atoms with van der Waals surface area (Å²) in [4.78, 5) is 27.8. The van der Waals surface area contributed by atoms with Crippen LogP contribution in [0.3, 0.4) is 0 Å². The van der Waals surface area contributed by atoms with Crippen molar-refractivity contribution in [3.63, 3.8) is 0 Å². The van der Waals surface area contributed by atoms with Gasteiger partial charge in [-0.25, -0.2) is 0 Å². The molecule has 0 bridgehead atoms. The number of nitrogens with one attached hydrogen (secondary N) is 1. The van der Waals surface area contributed by atoms with Crippen LogP contribution < -0.4 is 5.32 Å². The number of nitrogens with zero attached hydrogens (tertiary/aromatic N) is 1. The van der Waals surface area contributed by atoms with E-state index in [0.717, 1.165) is 17.7 Å². The van der Waals surface area contributed by atoms with E-state index >= 15 is 0 Å². The monoisotopic (exact) mass is 370 g/mol. The fourth-order valence-corrected chi connectivity index (χ4v) is 3.93. The van der Waals surface area contributed by atoms with Gasteiger partial charge in [0.05, 0.1) is 6.42 Å². The van der Waals surface area contributed by atoms with E-state index in [1.165, 1.54) is 5.56 Å². The summed E-state index contributed by atoms with van der Waals surface area (Å²) >= 11 is 1.62. The van der Waals surface area contributed by atoms with Gasteiger partial charge in [0.15, 0.2) is 0 Å². The van der Waals surface area contributed by atoms with Crippen molar-refractivity contribution in [2.24, 2.45) is 0 Å². The first-order chi connectivity index (χ1) is 12.5. The van der Waals surface area contributed by atoms with Crippen molar-refractivity contribution in [2.45, 2.75) is 45.1 Å². The van der Waals surface area contributed by atoms with Crippen molar-refractivity contribution in [2.75, 3.05) is 13.1 Å². The Labute approximate surface area is 159 Å². The van der Waals surface area contributed by atoms with Crippen molar-refractivity contribution in [3.8, 4) is 0 Å². The molecule has 4 nitrogen and oxygen atoms in total. The molecule has 1 saturated heterocycles. The predicted octanol–water partition coefficient (Wildman–Crippen LogP) is 3.84. The third-order valence-corrected chi connectivity index (χ3v) is 5.80. The zero-order valence-corrected chi connectivity index (χ0v) is 16.2. The van der Waals surface area contributed by atoms with Crippen LogP contribution in [-0.4, -0.2) is 35.8 Å². The molecule has 26 heavy (non-hydrogen) atoms. The number of benzene rings is 1. The minimum atomic E-state index is -0.0244. The molecule has 0 radical (unpaired) electrons. The molecular weight excluding hydrogens is 344 g/mol. The first kappa shape index (κ1) is 18.6. The van der Waals surface area contributed by atoms with E-state index in [-0.39, 0.29) is 17.9 Å². The van der Waals surface area contributed by atoms with Gasteiger partial charge in [0.1, 0.15) is 0 Å². The molecule has 2 heterocycles. The fraction of sp³-hybridized carbons (Fsp3) is 0.429. The normalized spacial score (nSPS) is 15.3. The van der Waals surface area contributed by atoms with Gasteiger partial charge in [-0.3, -0.25) is 9.59 Å². The quantitative estimate of drug-likeness (QED) is 0.869. The van der Waals surface area contributed by atoms with Crippen LogP contribution in [0.5, 0.6) is 0 Å². The second-order valence-corrected chi connectivity index (χ2v) is 8.19. The van der Waals surface area contributed by atoms with Crippen LogP contribution in [0.25, 0.3) is 0 Å². The number of hydrogen-bond acceptors (Lipinski definition) is 3. The van der Waals surface area contributed by atoms with Gasteiger partial charge < -0.3 is 10.2 Å². The summed E-state index contributed by atoms with van der Waals surface area (Å²) in [5, 5.41) is 5.11. The Hall–Kier alpha value is -2.14. The van der Waals surface area contributed by atoms with Gasteiger partial charge in [-0.1, -0.05) is 32.0 Å². The molecule has 1 aliphatic rings. The van der Waals surface area contributed by atoms with Gasteiger partial charge in [0.2, 0.25) is 5.91 Å². The Morgan fingerprint density at radius 3 is 2.42 bits per heavy atom. The van der Waals surface area contributed by atoms with Crippen LogP contribution in [-0.2, 0) is 11.2 Å². The van der Waals surface area contributed by atoms with Crippen LogP contribution >= 0.6 is 11.3 Å². The van der Waals surface area contributed by atoms with Crippen molar-refractivity contribution in [3.05, 3.63) is 57.8 Å². The molecular formula is C21H26N2O2S. The lowest BCUT2D eigenvalue weighted by Gasteiger charge is -2.32. The minimum absolute atomic E-state index is 0.0244. The lowest BCUT2D eigenvalue weighted by atomic mass is 10.0. The largest absolute Gasteiger partial charge is 0.349 e. The van der Waals surface area contributed by atoms with Gasteiger partial charge in [-0.05, 0) is 47.9 Å². The fourth-order valence-electron chi connectivity index (χ4n) is 3.24. The zero-order chi connectivity index (χ0) is 18.5. The van der Waals surface area contributed by atoms with Crippen LogP contribution in [0, 0.1) is 0 Å². The maximum Gasteiger partial charge on any atom is 0.251 e. The smallest absolute Gasteiger partial charge is 0.251 e. The van der Waals surface area contributed by atoms with Gasteiger partial charge in [-0.2, -0.15) is 0 Å². The number of hydrogen-bond donors (Lipinski definition) is 1. The maximum atomic E-state index is 12.4. The van der Waals surface area contributed by atoms with E-state index in [2.05, 4.69) is 19.2 Å². The molecule has 138 valence electrons. The number of carbonyl (C=O) groups excluding carboxylic acids is 2. The SMILES string of the molecule is CC(C)c1ccc(C(=O)NC2CCN(C(=O)Cc3cccs3)CC2)cc1. The first-order valence-electron chi connectivity index (χ1n) is 9.24. The van der Waals surface area contributed by atoms with E-state index in [1.807, 2.05) is 46.7 Å². The number of piperidine rings is 1. The summed E-state index contributed by atoms with van der Waals surface area (Å²) in [7, 11) is 0. The molecule has 1 aromatic heterocycles. The molecule has 0 spiro atoms. The highest BCUT2D eigenvalue weighted by molar-refractivity contribution is 7.10. The molecule has 2 aromatic rings. The van der Waals surface area contributed by atoms with Gasteiger partial charge in [-0.15, -0.1) is 11.3 Å². The summed E-state index contributed by atoms with van der Waals surface area (Å²) in [5.41, 5.74) is 1.93. The molecule has 0 aliphatic carbocycles. The van der Waals surface area contributed by atoms with Crippen LogP contribution in [0.2, 0.25) is 0 Å². The molecule has 5 heteroatoms. The van der Waals surface area contributed by atoms with Gasteiger partial charge in [0, 0.05) is 29.6 Å². The summed E-state index contributed by atoms with van der Waals surface area (Å²) in [6.45, 7) is 5.70. The Morgan fingerprint density at radius 2 is 1.85 bits per heavy atom. The van der Waals surface area contributed by atoms with Crippen LogP contribution in [0.1, 0.15) is 53.4 Å². The van der Waals surface area contributed by atoms with E-state index in [4.69, 9.17) is 0 Å². The minimum Gasteiger partial charge on any atom is -0.349 e. The van der Waals surface area contributed by atoms with Crippen molar-refractivity contribution in [1.29, 1.82) is 0 Å². The Bertz CT molecular complexity index is 730. The third-order valence-electron chi connectivity index (χ3n) is 4.93. The molecule has 2 amide bonds. The lowest BCUT2D eigenvalue weighted by Crippen LogP contribution is -2.46. The summed E-state index contributed by atoms with van der Waals surface area (Å²) < 4.78 is 0. The molecule has 1 N–H and O–H groups in total. The Kier molecular flexibility index (Phi) is 6.09. The molecule has 0 saturated carbocycles. The average molecular weight is 371 g/mol. The summed E-state index contributed by atoms with van der Waals surface area (Å²) in [6.07, 6.45) is 2.11. The van der Waals surface area contributed by atoms with E-state index in [9.17, 15) is 9.59 Å². The van der Waals surface area contributed by atoms with E-state index < -0.39 is 0 Å². The molecule has 0 atom stereocenters. The zero-order valence-electron chi connectivity index (χ0n) is 15.4. The van der Waals surface area contributed by atoms with E-state index in [1.54, 1.807) is 11.3 Å². The van der Waals surface area contributed by atoms with E-state index in [0.29, 0.717) is 31.0 Å². The number of amides is 2. The summed E-state index contributed by atoms with van der Waals surface area (Å²) in [5.74, 6) is 0.619. The first-order valence-corrected chi connectivity index (χ1v) is 10.1. The average Bonchev–Trinajstić information content (AvgIpc) is 3.15. The highest BCUT2D eigenvalue weighted by atomic mass is 32.1. The van der Waals surface area contributed by atoms with Crippen molar-refractivity contribution >= 4 is 23.2 Å². The highest BCUT2D eigenvalue weighted by Gasteiger charge is 2.24. The second-order valence-electron chi connectivity index (χ2n) is 7.16. The van der Waals surface area contributed by atoms with Crippen molar-refractivity contribution in [1.82, 2.24) is 10.2 Å². The molecule has 3 rings (SSSR count). The van der Waals surface area contributed by atoms with Gasteiger partial charge >= 0.3 is 0 Å². The van der Waals surface area contributed by atoms with Gasteiger partial charge in [0.25, 0.3) is 5.91 Å². The molecule has 0 unspecified atom stereocenters. The molecule has 1 aliphatic heterocycles. The number of carbonyl (C=O) groups is 2. The standard InChI is InChI=1S/C21H26N2O2S/c1-15(2)16-5-7-17(8-6-16)21(25)22-18-9-11-23(12-10-18)20(24)14-19-4-3-13-26-19/h3-8,13,15,18H,9-12,14H2,1-2H3,(H,22,25).